The summed E-state index contributed by atoms with van der Waals surface area (Å²) in [6, 6.07) is 1.46. The van der Waals surface area contributed by atoms with E-state index in [0.29, 0.717) is 11.3 Å². The summed E-state index contributed by atoms with van der Waals surface area (Å²) in [4.78, 5) is 32.4. The lowest BCUT2D eigenvalue weighted by Crippen LogP contribution is -2.16. The van der Waals surface area contributed by atoms with Gasteiger partial charge < -0.3 is 19.6 Å². The van der Waals surface area contributed by atoms with Gasteiger partial charge in [0.1, 0.15) is 11.2 Å². The highest BCUT2D eigenvalue weighted by Crippen LogP contribution is 2.34. The molecule has 0 aromatic carbocycles. The van der Waals surface area contributed by atoms with Gasteiger partial charge in [-0.25, -0.2) is 14.6 Å². The molecule has 2 heterocycles. The summed E-state index contributed by atoms with van der Waals surface area (Å²) >= 11 is 6.26. The maximum atomic E-state index is 12.2. The monoisotopic (exact) mass is 394 g/mol. The zero-order valence-electron chi connectivity index (χ0n) is 15.0. The number of nitrogens with zero attached hydrogens (tertiary/aromatic N) is 2. The fourth-order valence-corrected chi connectivity index (χ4v) is 2.50. The predicted molar refractivity (Wildman–Crippen MR) is 102 cm³/mol. The maximum Gasteiger partial charge on any atom is 0.411 e. The standard InChI is InChI=1S/C17H19ClN4O5/c1-4-25-16(23)15-14(22-17(24)26-5-2)13-11(27-15)6-10(18)12(21-13)9(7-19)8-20-3/h6-8H,4-5,19H2,1-3H3,(H,22,24)/b9-7+,20-8?. The van der Waals surface area contributed by atoms with Crippen molar-refractivity contribution >= 4 is 52.2 Å². The van der Waals surface area contributed by atoms with E-state index in [-0.39, 0.29) is 40.8 Å². The zero-order valence-corrected chi connectivity index (χ0v) is 15.8. The van der Waals surface area contributed by atoms with Crippen LogP contribution in [0, 0.1) is 0 Å². The molecule has 0 saturated carbocycles. The summed E-state index contributed by atoms with van der Waals surface area (Å²) in [6.45, 7) is 3.57. The van der Waals surface area contributed by atoms with Crippen LogP contribution in [0.15, 0.2) is 21.7 Å². The van der Waals surface area contributed by atoms with E-state index < -0.39 is 12.1 Å². The number of fused-ring (bicyclic) bond motifs is 1. The van der Waals surface area contributed by atoms with Crippen LogP contribution in [0.3, 0.4) is 0 Å². The predicted octanol–water partition coefficient (Wildman–Crippen LogP) is 3.23. The van der Waals surface area contributed by atoms with Crippen LogP contribution in [-0.4, -0.2) is 43.5 Å². The topological polar surface area (TPSA) is 129 Å². The van der Waals surface area contributed by atoms with Gasteiger partial charge in [0.2, 0.25) is 5.76 Å². The van der Waals surface area contributed by atoms with E-state index in [1.165, 1.54) is 18.5 Å². The summed E-state index contributed by atoms with van der Waals surface area (Å²) in [7, 11) is 1.57. The van der Waals surface area contributed by atoms with Gasteiger partial charge in [-0.15, -0.1) is 0 Å². The minimum atomic E-state index is -0.770. The van der Waals surface area contributed by atoms with Crippen LogP contribution in [0.25, 0.3) is 16.7 Å². The molecule has 0 bridgehead atoms. The highest BCUT2D eigenvalue weighted by atomic mass is 35.5. The number of pyridine rings is 1. The van der Waals surface area contributed by atoms with Crippen LogP contribution in [0.5, 0.6) is 0 Å². The Morgan fingerprint density at radius 3 is 2.67 bits per heavy atom. The van der Waals surface area contributed by atoms with Crippen LogP contribution in [0.2, 0.25) is 5.02 Å². The largest absolute Gasteiger partial charge is 0.460 e. The Morgan fingerprint density at radius 1 is 1.37 bits per heavy atom. The number of allylic oxidation sites excluding steroid dienone is 1. The Bertz CT molecular complexity index is 920. The first-order valence-electron chi connectivity index (χ1n) is 8.05. The fourth-order valence-electron chi connectivity index (χ4n) is 2.25. The number of rotatable bonds is 6. The summed E-state index contributed by atoms with van der Waals surface area (Å²) in [5.74, 6) is -0.979. The first kappa shape index (κ1) is 20.2. The van der Waals surface area contributed by atoms with E-state index in [4.69, 9.17) is 31.2 Å². The molecular formula is C17H19ClN4O5. The van der Waals surface area contributed by atoms with Gasteiger partial charge in [-0.1, -0.05) is 11.6 Å². The smallest absolute Gasteiger partial charge is 0.411 e. The summed E-state index contributed by atoms with van der Waals surface area (Å²) < 4.78 is 15.4. The van der Waals surface area contributed by atoms with Gasteiger partial charge in [0.15, 0.2) is 5.58 Å². The molecule has 2 rings (SSSR count). The summed E-state index contributed by atoms with van der Waals surface area (Å²) in [5.41, 5.74) is 6.76. The number of ether oxygens (including phenoxy) is 2. The zero-order chi connectivity index (χ0) is 20.0. The second-order valence-electron chi connectivity index (χ2n) is 5.05. The second-order valence-corrected chi connectivity index (χ2v) is 5.45. The number of aliphatic imine (C=N–C) groups is 1. The van der Waals surface area contributed by atoms with Crippen molar-refractivity contribution in [1.29, 1.82) is 0 Å². The van der Waals surface area contributed by atoms with Gasteiger partial charge in [0.25, 0.3) is 0 Å². The number of aromatic nitrogens is 1. The lowest BCUT2D eigenvalue weighted by molar-refractivity contribution is 0.0494. The molecule has 0 saturated heterocycles. The van der Waals surface area contributed by atoms with E-state index in [9.17, 15) is 9.59 Å². The van der Waals surface area contributed by atoms with Gasteiger partial charge in [-0.2, -0.15) is 0 Å². The normalized spacial score (nSPS) is 11.8. The molecule has 144 valence electrons. The number of anilines is 1. The molecule has 0 aliphatic rings. The van der Waals surface area contributed by atoms with E-state index in [0.717, 1.165) is 0 Å². The second kappa shape index (κ2) is 9.04. The molecule has 0 spiro atoms. The molecule has 0 radical (unpaired) electrons. The van der Waals surface area contributed by atoms with Crippen LogP contribution in [-0.2, 0) is 9.47 Å². The molecule has 9 nitrogen and oxygen atoms in total. The highest BCUT2D eigenvalue weighted by molar-refractivity contribution is 6.34. The van der Waals surface area contributed by atoms with Crippen molar-refractivity contribution in [1.82, 2.24) is 4.98 Å². The van der Waals surface area contributed by atoms with Gasteiger partial charge in [0.05, 0.1) is 23.9 Å². The van der Waals surface area contributed by atoms with Crippen LogP contribution < -0.4 is 11.1 Å². The van der Waals surface area contributed by atoms with Gasteiger partial charge >= 0.3 is 12.1 Å². The Kier molecular flexibility index (Phi) is 6.78. The number of hydrogen-bond donors (Lipinski definition) is 2. The number of carbonyl (C=O) groups is 2. The van der Waals surface area contributed by atoms with Crippen molar-refractivity contribution in [2.24, 2.45) is 10.7 Å². The SMILES string of the molecule is CCOC(=O)Nc1c(C(=O)OCC)oc2cc(Cl)c(/C(C=NC)=C/N)nc12. The van der Waals surface area contributed by atoms with Crippen LogP contribution in [0.1, 0.15) is 30.1 Å². The molecule has 0 fully saturated rings. The molecule has 0 atom stereocenters. The number of nitrogens with one attached hydrogen (secondary N) is 1. The van der Waals surface area contributed by atoms with E-state index in [2.05, 4.69) is 15.3 Å². The van der Waals surface area contributed by atoms with Gasteiger partial charge in [0, 0.05) is 31.1 Å². The third-order valence-electron chi connectivity index (χ3n) is 3.30. The fraction of sp³-hybridized carbons (Fsp3) is 0.294. The van der Waals surface area contributed by atoms with Crippen molar-refractivity contribution in [3.8, 4) is 0 Å². The van der Waals surface area contributed by atoms with Gasteiger partial charge in [-0.05, 0) is 13.8 Å². The molecule has 1 amide bonds. The Morgan fingerprint density at radius 2 is 2.07 bits per heavy atom. The minimum absolute atomic E-state index is 0.0182. The maximum absolute atomic E-state index is 12.2. The van der Waals surface area contributed by atoms with Crippen molar-refractivity contribution in [2.45, 2.75) is 13.8 Å². The number of carbonyl (C=O) groups excluding carboxylic acids is 2. The van der Waals surface area contributed by atoms with Crippen LogP contribution >= 0.6 is 11.6 Å². The minimum Gasteiger partial charge on any atom is -0.460 e. The molecule has 0 aliphatic heterocycles. The molecule has 0 unspecified atom stereocenters. The lowest BCUT2D eigenvalue weighted by Gasteiger charge is -2.07. The third kappa shape index (κ3) is 4.37. The summed E-state index contributed by atoms with van der Waals surface area (Å²) in [5, 5.41) is 2.69. The van der Waals surface area contributed by atoms with Crippen molar-refractivity contribution in [3.05, 3.63) is 28.7 Å². The van der Waals surface area contributed by atoms with E-state index in [1.54, 1.807) is 20.9 Å². The van der Waals surface area contributed by atoms with Crippen molar-refractivity contribution in [2.75, 3.05) is 25.6 Å². The number of halogens is 1. The molecule has 0 aliphatic carbocycles. The van der Waals surface area contributed by atoms with Crippen LogP contribution in [0.4, 0.5) is 10.5 Å². The summed E-state index contributed by atoms with van der Waals surface area (Å²) in [6.07, 6.45) is 2.00. The van der Waals surface area contributed by atoms with E-state index >= 15 is 0 Å². The molecular weight excluding hydrogens is 376 g/mol. The molecule has 2 aromatic heterocycles. The highest BCUT2D eigenvalue weighted by Gasteiger charge is 2.26. The Labute approximate surface area is 160 Å². The third-order valence-corrected chi connectivity index (χ3v) is 3.59. The number of furan rings is 1. The number of hydrogen-bond acceptors (Lipinski definition) is 8. The lowest BCUT2D eigenvalue weighted by atomic mass is 10.2. The average Bonchev–Trinajstić information content (AvgIpc) is 2.97. The van der Waals surface area contributed by atoms with E-state index in [1.807, 2.05) is 0 Å². The van der Waals surface area contributed by atoms with Crippen molar-refractivity contribution in [3.63, 3.8) is 0 Å². The molecule has 27 heavy (non-hydrogen) atoms. The number of esters is 1. The van der Waals surface area contributed by atoms with Gasteiger partial charge in [-0.3, -0.25) is 10.3 Å². The first-order valence-corrected chi connectivity index (χ1v) is 8.42. The molecule has 3 N–H and O–H groups in total. The van der Waals surface area contributed by atoms with Crippen molar-refractivity contribution < 1.29 is 23.5 Å². The molecule has 2 aromatic rings. The Balaban J connectivity index is 2.69. The average molecular weight is 395 g/mol. The quantitative estimate of drug-likeness (QED) is 0.568. The number of amides is 1. The number of nitrogens with two attached hydrogens (primary N) is 1. The Hall–Kier alpha value is -3.07. The molecule has 10 heteroatoms. The first-order chi connectivity index (χ1) is 13.0.